The first kappa shape index (κ1) is 16.8. The number of aromatic nitrogens is 1. The summed E-state index contributed by atoms with van der Waals surface area (Å²) >= 11 is 5.84. The van der Waals surface area contributed by atoms with E-state index in [1.807, 2.05) is 24.3 Å². The number of pyridine rings is 1. The lowest BCUT2D eigenvalue weighted by atomic mass is 10.2. The van der Waals surface area contributed by atoms with Crippen molar-refractivity contribution < 1.29 is 9.53 Å². The number of nitrogens with one attached hydrogen (secondary N) is 2. The molecule has 0 unspecified atom stereocenters. The fourth-order valence-electron chi connectivity index (χ4n) is 2.23. The van der Waals surface area contributed by atoms with Gasteiger partial charge in [0.1, 0.15) is 11.4 Å². The molecule has 1 aromatic heterocycles. The van der Waals surface area contributed by atoms with E-state index in [0.29, 0.717) is 16.4 Å². The Kier molecular flexibility index (Phi) is 5.16. The van der Waals surface area contributed by atoms with E-state index in [1.54, 1.807) is 49.7 Å². The summed E-state index contributed by atoms with van der Waals surface area (Å²) in [5, 5.41) is 6.63. The van der Waals surface area contributed by atoms with Crippen molar-refractivity contribution in [2.45, 2.75) is 0 Å². The Morgan fingerprint density at radius 1 is 1.00 bits per heavy atom. The molecule has 0 bridgehead atoms. The maximum absolute atomic E-state index is 12.3. The molecule has 1 amide bonds. The number of hydrogen-bond acceptors (Lipinski definition) is 4. The minimum absolute atomic E-state index is 0.295. The third-order valence-corrected chi connectivity index (χ3v) is 3.71. The zero-order valence-corrected chi connectivity index (χ0v) is 14.2. The van der Waals surface area contributed by atoms with Gasteiger partial charge in [-0.05, 0) is 48.5 Å². The van der Waals surface area contributed by atoms with Gasteiger partial charge in [0.05, 0.1) is 7.11 Å². The standard InChI is InChI=1S/C19H16ClN3O2/c1-25-17-4-2-3-15(11-17)22-16-9-10-21-18(12-16)19(24)23-14-7-5-13(20)6-8-14/h2-12H,1H3,(H,21,22)(H,23,24). The summed E-state index contributed by atoms with van der Waals surface area (Å²) in [4.78, 5) is 16.5. The van der Waals surface area contributed by atoms with Gasteiger partial charge in [-0.25, -0.2) is 0 Å². The highest BCUT2D eigenvalue weighted by molar-refractivity contribution is 6.30. The van der Waals surface area contributed by atoms with E-state index in [2.05, 4.69) is 15.6 Å². The predicted molar refractivity (Wildman–Crippen MR) is 99.9 cm³/mol. The SMILES string of the molecule is COc1cccc(Nc2ccnc(C(=O)Nc3ccc(Cl)cc3)c2)c1. The lowest BCUT2D eigenvalue weighted by Gasteiger charge is -2.09. The minimum Gasteiger partial charge on any atom is -0.497 e. The number of halogens is 1. The number of ether oxygens (including phenoxy) is 1. The Hall–Kier alpha value is -3.05. The number of amides is 1. The summed E-state index contributed by atoms with van der Waals surface area (Å²) in [6, 6.07) is 17.9. The monoisotopic (exact) mass is 353 g/mol. The molecule has 0 fully saturated rings. The van der Waals surface area contributed by atoms with E-state index in [4.69, 9.17) is 16.3 Å². The van der Waals surface area contributed by atoms with Gasteiger partial charge in [0.15, 0.2) is 0 Å². The molecular weight excluding hydrogens is 338 g/mol. The largest absolute Gasteiger partial charge is 0.497 e. The molecule has 0 aliphatic heterocycles. The van der Waals surface area contributed by atoms with E-state index >= 15 is 0 Å². The second-order valence-corrected chi connectivity index (χ2v) is 5.68. The summed E-state index contributed by atoms with van der Waals surface area (Å²) in [5.74, 6) is 0.455. The van der Waals surface area contributed by atoms with Gasteiger partial charge in [0, 0.05) is 34.3 Å². The lowest BCUT2D eigenvalue weighted by Crippen LogP contribution is -2.13. The molecule has 2 aromatic carbocycles. The number of carbonyl (C=O) groups is 1. The first-order valence-corrected chi connectivity index (χ1v) is 7.96. The van der Waals surface area contributed by atoms with Crippen LogP contribution < -0.4 is 15.4 Å². The number of nitrogens with zero attached hydrogens (tertiary/aromatic N) is 1. The van der Waals surface area contributed by atoms with Gasteiger partial charge in [-0.1, -0.05) is 17.7 Å². The van der Waals surface area contributed by atoms with Crippen LogP contribution in [-0.4, -0.2) is 18.0 Å². The average Bonchev–Trinajstić information content (AvgIpc) is 2.64. The Labute approximate surface area is 150 Å². The van der Waals surface area contributed by atoms with Gasteiger partial charge in [0.25, 0.3) is 5.91 Å². The van der Waals surface area contributed by atoms with Crippen LogP contribution in [0, 0.1) is 0 Å². The molecule has 6 heteroatoms. The molecule has 0 aliphatic carbocycles. The number of rotatable bonds is 5. The molecular formula is C19H16ClN3O2. The van der Waals surface area contributed by atoms with Crippen LogP contribution in [0.15, 0.2) is 66.9 Å². The van der Waals surface area contributed by atoms with E-state index in [-0.39, 0.29) is 5.91 Å². The van der Waals surface area contributed by atoms with Gasteiger partial charge in [-0.2, -0.15) is 0 Å². The molecule has 0 aliphatic rings. The summed E-state index contributed by atoms with van der Waals surface area (Å²) in [6.07, 6.45) is 1.58. The summed E-state index contributed by atoms with van der Waals surface area (Å²) in [5.41, 5.74) is 2.57. The van der Waals surface area contributed by atoms with Crippen LogP contribution in [0.2, 0.25) is 5.02 Å². The van der Waals surface area contributed by atoms with Crippen LogP contribution in [0.4, 0.5) is 17.1 Å². The summed E-state index contributed by atoms with van der Waals surface area (Å²) in [7, 11) is 1.62. The number of benzene rings is 2. The quantitative estimate of drug-likeness (QED) is 0.695. The number of hydrogen-bond donors (Lipinski definition) is 2. The van der Waals surface area contributed by atoms with E-state index in [0.717, 1.165) is 17.1 Å². The second-order valence-electron chi connectivity index (χ2n) is 5.25. The van der Waals surface area contributed by atoms with Gasteiger partial charge >= 0.3 is 0 Å². The fraction of sp³-hybridized carbons (Fsp3) is 0.0526. The van der Waals surface area contributed by atoms with Crippen LogP contribution in [-0.2, 0) is 0 Å². The van der Waals surface area contributed by atoms with Gasteiger partial charge in [0.2, 0.25) is 0 Å². The van der Waals surface area contributed by atoms with Crippen LogP contribution in [0.5, 0.6) is 5.75 Å². The number of methoxy groups -OCH3 is 1. The van der Waals surface area contributed by atoms with Crippen LogP contribution in [0.25, 0.3) is 0 Å². The van der Waals surface area contributed by atoms with Crippen LogP contribution in [0.1, 0.15) is 10.5 Å². The topological polar surface area (TPSA) is 63.2 Å². The smallest absolute Gasteiger partial charge is 0.274 e. The van der Waals surface area contributed by atoms with Crippen molar-refractivity contribution in [1.82, 2.24) is 4.98 Å². The highest BCUT2D eigenvalue weighted by atomic mass is 35.5. The third kappa shape index (κ3) is 4.49. The maximum atomic E-state index is 12.3. The van der Waals surface area contributed by atoms with E-state index < -0.39 is 0 Å². The number of anilines is 3. The molecule has 3 aromatic rings. The van der Waals surface area contributed by atoms with E-state index in [9.17, 15) is 4.79 Å². The highest BCUT2D eigenvalue weighted by Gasteiger charge is 2.09. The third-order valence-electron chi connectivity index (χ3n) is 3.45. The second kappa shape index (κ2) is 7.68. The van der Waals surface area contributed by atoms with Crippen molar-refractivity contribution in [3.05, 3.63) is 77.6 Å². The van der Waals surface area contributed by atoms with Crippen molar-refractivity contribution in [3.8, 4) is 5.75 Å². The molecule has 0 saturated heterocycles. The van der Waals surface area contributed by atoms with Crippen molar-refractivity contribution >= 4 is 34.6 Å². The zero-order valence-electron chi connectivity index (χ0n) is 13.5. The predicted octanol–water partition coefficient (Wildman–Crippen LogP) is 4.74. The summed E-state index contributed by atoms with van der Waals surface area (Å²) in [6.45, 7) is 0. The van der Waals surface area contributed by atoms with Crippen molar-refractivity contribution in [1.29, 1.82) is 0 Å². The molecule has 3 rings (SSSR count). The Bertz CT molecular complexity index is 882. The molecule has 2 N–H and O–H groups in total. The maximum Gasteiger partial charge on any atom is 0.274 e. The Morgan fingerprint density at radius 3 is 2.52 bits per heavy atom. The van der Waals surface area contributed by atoms with Crippen molar-refractivity contribution in [2.24, 2.45) is 0 Å². The molecule has 0 saturated carbocycles. The Balaban J connectivity index is 1.74. The molecule has 5 nitrogen and oxygen atoms in total. The first-order valence-electron chi connectivity index (χ1n) is 7.58. The molecule has 25 heavy (non-hydrogen) atoms. The summed E-state index contributed by atoms with van der Waals surface area (Å²) < 4.78 is 5.20. The van der Waals surface area contributed by atoms with Crippen molar-refractivity contribution in [3.63, 3.8) is 0 Å². The normalized spacial score (nSPS) is 10.2. The molecule has 0 atom stereocenters. The minimum atomic E-state index is -0.295. The first-order chi connectivity index (χ1) is 12.1. The van der Waals surface area contributed by atoms with Gasteiger partial charge in [-0.15, -0.1) is 0 Å². The Morgan fingerprint density at radius 2 is 1.76 bits per heavy atom. The highest BCUT2D eigenvalue weighted by Crippen LogP contribution is 2.22. The lowest BCUT2D eigenvalue weighted by molar-refractivity contribution is 0.102. The average molecular weight is 354 g/mol. The molecule has 0 radical (unpaired) electrons. The number of carbonyl (C=O) groups excluding carboxylic acids is 1. The molecule has 1 heterocycles. The zero-order chi connectivity index (χ0) is 17.6. The van der Waals surface area contributed by atoms with E-state index in [1.165, 1.54) is 0 Å². The van der Waals surface area contributed by atoms with Crippen LogP contribution in [0.3, 0.4) is 0 Å². The molecule has 126 valence electrons. The van der Waals surface area contributed by atoms with Gasteiger partial charge < -0.3 is 15.4 Å². The van der Waals surface area contributed by atoms with Crippen LogP contribution >= 0.6 is 11.6 Å². The fourth-order valence-corrected chi connectivity index (χ4v) is 2.35. The molecule has 0 spiro atoms. The van der Waals surface area contributed by atoms with Gasteiger partial charge in [-0.3, -0.25) is 9.78 Å². The van der Waals surface area contributed by atoms with Crippen molar-refractivity contribution in [2.75, 3.05) is 17.7 Å².